The number of pyridine rings is 1. The Labute approximate surface area is 133 Å². The summed E-state index contributed by atoms with van der Waals surface area (Å²) in [5.74, 6) is 0.409. The third kappa shape index (κ3) is 4.98. The molecular formula is C17H28N2O3. The molecule has 1 unspecified atom stereocenters. The molecule has 0 spiro atoms. The summed E-state index contributed by atoms with van der Waals surface area (Å²) in [6.45, 7) is 8.26. The number of aromatic nitrogens is 1. The van der Waals surface area contributed by atoms with Crippen LogP contribution >= 0.6 is 0 Å². The Hall–Kier alpha value is -1.62. The highest BCUT2D eigenvalue weighted by molar-refractivity contribution is 5.97. The second kappa shape index (κ2) is 8.73. The molecule has 1 aromatic rings. The fraction of sp³-hybridized carbons (Fsp3) is 0.647. The van der Waals surface area contributed by atoms with Crippen LogP contribution < -0.4 is 10.1 Å². The zero-order valence-electron chi connectivity index (χ0n) is 14.4. The molecule has 0 fully saturated rings. The van der Waals surface area contributed by atoms with Crippen LogP contribution in [-0.4, -0.2) is 30.2 Å². The Morgan fingerprint density at radius 3 is 2.59 bits per heavy atom. The van der Waals surface area contributed by atoms with E-state index in [4.69, 9.17) is 9.47 Å². The average molecular weight is 308 g/mol. The zero-order valence-corrected chi connectivity index (χ0v) is 14.4. The van der Waals surface area contributed by atoms with E-state index in [1.54, 1.807) is 19.2 Å². The minimum atomic E-state index is -0.809. The molecule has 1 aromatic heterocycles. The molecule has 0 saturated carbocycles. The first-order chi connectivity index (χ1) is 10.5. The maximum atomic E-state index is 12.6. The number of anilines is 1. The van der Waals surface area contributed by atoms with Crippen molar-refractivity contribution in [1.29, 1.82) is 0 Å². The fourth-order valence-electron chi connectivity index (χ4n) is 2.32. The fourth-order valence-corrected chi connectivity index (χ4v) is 2.32. The van der Waals surface area contributed by atoms with E-state index in [1.807, 2.05) is 20.8 Å². The molecule has 1 heterocycles. The van der Waals surface area contributed by atoms with Crippen LogP contribution in [-0.2, 0) is 9.53 Å². The van der Waals surface area contributed by atoms with Crippen LogP contribution in [0.1, 0.15) is 52.1 Å². The van der Waals surface area contributed by atoms with E-state index in [-0.39, 0.29) is 5.91 Å². The predicted octanol–water partition coefficient (Wildman–Crippen LogP) is 3.71. The second-order valence-electron chi connectivity index (χ2n) is 5.56. The maximum absolute atomic E-state index is 12.6. The van der Waals surface area contributed by atoms with Crippen molar-refractivity contribution in [3.63, 3.8) is 0 Å². The first-order valence-electron chi connectivity index (χ1n) is 7.93. The summed E-state index contributed by atoms with van der Waals surface area (Å²) in [7, 11) is 1.57. The van der Waals surface area contributed by atoms with Gasteiger partial charge in [0, 0.05) is 12.7 Å². The van der Waals surface area contributed by atoms with Gasteiger partial charge in [-0.1, -0.05) is 26.2 Å². The number of nitrogens with zero attached hydrogens (tertiary/aromatic N) is 1. The van der Waals surface area contributed by atoms with Gasteiger partial charge < -0.3 is 14.8 Å². The van der Waals surface area contributed by atoms with E-state index in [9.17, 15) is 4.79 Å². The topological polar surface area (TPSA) is 60.5 Å². The Morgan fingerprint density at radius 1 is 1.32 bits per heavy atom. The summed E-state index contributed by atoms with van der Waals surface area (Å²) in [5, 5.41) is 2.93. The molecule has 1 amide bonds. The van der Waals surface area contributed by atoms with Crippen LogP contribution in [0, 0.1) is 6.92 Å². The van der Waals surface area contributed by atoms with E-state index in [2.05, 4.69) is 17.2 Å². The summed E-state index contributed by atoms with van der Waals surface area (Å²) in [5.41, 5.74) is 0.600. The SMILES string of the molecule is CCCCCC(C)(OCC)C(=O)Nc1ccc(OC)nc1C. The second-order valence-corrected chi connectivity index (χ2v) is 5.56. The molecule has 1 atom stereocenters. The van der Waals surface area contributed by atoms with Crippen LogP contribution in [0.25, 0.3) is 0 Å². The molecule has 1 N–H and O–H groups in total. The van der Waals surface area contributed by atoms with Gasteiger partial charge in [0.05, 0.1) is 18.5 Å². The number of carbonyl (C=O) groups is 1. The van der Waals surface area contributed by atoms with Gasteiger partial charge in [-0.3, -0.25) is 4.79 Å². The van der Waals surface area contributed by atoms with Gasteiger partial charge in [0.15, 0.2) is 0 Å². The number of amides is 1. The quantitative estimate of drug-likeness (QED) is 0.706. The van der Waals surface area contributed by atoms with E-state index < -0.39 is 5.60 Å². The first-order valence-corrected chi connectivity index (χ1v) is 7.93. The van der Waals surface area contributed by atoms with Crippen molar-refractivity contribution < 1.29 is 14.3 Å². The van der Waals surface area contributed by atoms with Gasteiger partial charge in [-0.15, -0.1) is 0 Å². The average Bonchev–Trinajstić information content (AvgIpc) is 2.49. The zero-order chi connectivity index (χ0) is 16.6. The van der Waals surface area contributed by atoms with E-state index >= 15 is 0 Å². The minimum Gasteiger partial charge on any atom is -0.481 e. The molecule has 5 heteroatoms. The van der Waals surface area contributed by atoms with Gasteiger partial charge in [-0.05, 0) is 33.3 Å². The third-order valence-electron chi connectivity index (χ3n) is 3.72. The van der Waals surface area contributed by atoms with Crippen molar-refractivity contribution in [2.24, 2.45) is 0 Å². The Balaban J connectivity index is 2.82. The van der Waals surface area contributed by atoms with Crippen molar-refractivity contribution in [1.82, 2.24) is 4.98 Å². The molecule has 0 aliphatic carbocycles. The van der Waals surface area contributed by atoms with Crippen LogP contribution in [0.5, 0.6) is 5.88 Å². The molecule has 0 aliphatic rings. The lowest BCUT2D eigenvalue weighted by Crippen LogP contribution is -2.43. The van der Waals surface area contributed by atoms with Crippen molar-refractivity contribution in [3.05, 3.63) is 17.8 Å². The molecule has 5 nitrogen and oxygen atoms in total. The Morgan fingerprint density at radius 2 is 2.05 bits per heavy atom. The summed E-state index contributed by atoms with van der Waals surface area (Å²) in [6.07, 6.45) is 3.90. The van der Waals surface area contributed by atoms with Crippen LogP contribution in [0.2, 0.25) is 0 Å². The lowest BCUT2D eigenvalue weighted by atomic mass is 9.96. The number of methoxy groups -OCH3 is 1. The van der Waals surface area contributed by atoms with Crippen molar-refractivity contribution in [2.45, 2.75) is 59.0 Å². The van der Waals surface area contributed by atoms with Crippen molar-refractivity contribution >= 4 is 11.6 Å². The Kier molecular flexibility index (Phi) is 7.32. The summed E-state index contributed by atoms with van der Waals surface area (Å²) < 4.78 is 10.8. The number of carbonyl (C=O) groups excluding carboxylic acids is 1. The molecule has 1 rings (SSSR count). The molecule has 22 heavy (non-hydrogen) atoms. The van der Waals surface area contributed by atoms with E-state index in [0.29, 0.717) is 24.6 Å². The summed E-state index contributed by atoms with van der Waals surface area (Å²) in [6, 6.07) is 3.54. The van der Waals surface area contributed by atoms with Crippen LogP contribution in [0.15, 0.2) is 12.1 Å². The number of ether oxygens (including phenoxy) is 2. The lowest BCUT2D eigenvalue weighted by molar-refractivity contribution is -0.139. The predicted molar refractivity (Wildman–Crippen MR) is 88.3 cm³/mol. The standard InChI is InChI=1S/C17H28N2O3/c1-6-8-9-12-17(4,22-7-2)16(20)19-14-10-11-15(21-5)18-13(14)3/h10-11H,6-9,12H2,1-5H3,(H,19,20). The third-order valence-corrected chi connectivity index (χ3v) is 3.72. The van der Waals surface area contributed by atoms with Crippen molar-refractivity contribution in [2.75, 3.05) is 19.0 Å². The molecule has 0 aliphatic heterocycles. The number of aryl methyl sites for hydroxylation is 1. The lowest BCUT2D eigenvalue weighted by Gasteiger charge is -2.28. The molecule has 0 radical (unpaired) electrons. The van der Waals surface area contributed by atoms with Gasteiger partial charge in [-0.25, -0.2) is 4.98 Å². The highest BCUT2D eigenvalue weighted by Crippen LogP contribution is 2.24. The molecule has 124 valence electrons. The Bertz CT molecular complexity index is 491. The van der Waals surface area contributed by atoms with Gasteiger partial charge >= 0.3 is 0 Å². The first kappa shape index (κ1) is 18.4. The van der Waals surface area contributed by atoms with Gasteiger partial charge in [-0.2, -0.15) is 0 Å². The monoisotopic (exact) mass is 308 g/mol. The largest absolute Gasteiger partial charge is 0.481 e. The number of unbranched alkanes of at least 4 members (excludes halogenated alkanes) is 2. The highest BCUT2D eigenvalue weighted by atomic mass is 16.5. The summed E-state index contributed by atoms with van der Waals surface area (Å²) in [4.78, 5) is 16.9. The molecule has 0 saturated heterocycles. The van der Waals surface area contributed by atoms with E-state index in [0.717, 1.165) is 25.0 Å². The number of hydrogen-bond acceptors (Lipinski definition) is 4. The molecule has 0 aromatic carbocycles. The van der Waals surface area contributed by atoms with Gasteiger partial charge in [0.1, 0.15) is 5.60 Å². The minimum absolute atomic E-state index is 0.125. The van der Waals surface area contributed by atoms with Gasteiger partial charge in [0.2, 0.25) is 5.88 Å². The van der Waals surface area contributed by atoms with E-state index in [1.165, 1.54) is 0 Å². The van der Waals surface area contributed by atoms with Gasteiger partial charge in [0.25, 0.3) is 5.91 Å². The number of hydrogen-bond donors (Lipinski definition) is 1. The highest BCUT2D eigenvalue weighted by Gasteiger charge is 2.33. The molecular weight excluding hydrogens is 280 g/mol. The van der Waals surface area contributed by atoms with Crippen molar-refractivity contribution in [3.8, 4) is 5.88 Å². The smallest absolute Gasteiger partial charge is 0.256 e. The number of rotatable bonds is 9. The maximum Gasteiger partial charge on any atom is 0.256 e. The number of nitrogens with one attached hydrogen (secondary N) is 1. The summed E-state index contributed by atoms with van der Waals surface area (Å²) >= 11 is 0. The van der Waals surface area contributed by atoms with Crippen LogP contribution in [0.3, 0.4) is 0 Å². The molecule has 0 bridgehead atoms. The van der Waals surface area contributed by atoms with Crippen LogP contribution in [0.4, 0.5) is 5.69 Å². The normalized spacial score (nSPS) is 13.5.